The summed E-state index contributed by atoms with van der Waals surface area (Å²) in [6.45, 7) is 7.19. The summed E-state index contributed by atoms with van der Waals surface area (Å²) in [6, 6.07) is 4.32. The van der Waals surface area contributed by atoms with Crippen molar-refractivity contribution in [3.05, 3.63) is 33.7 Å². The largest absolute Gasteiger partial charge is 0.444 e. The van der Waals surface area contributed by atoms with E-state index in [4.69, 9.17) is 4.74 Å². The van der Waals surface area contributed by atoms with E-state index in [1.807, 2.05) is 36.4 Å². The fourth-order valence-corrected chi connectivity index (χ4v) is 3.48. The quantitative estimate of drug-likeness (QED) is 0.646. The zero-order chi connectivity index (χ0) is 16.6. The summed E-state index contributed by atoms with van der Waals surface area (Å²) in [5.41, 5.74) is 2.00. The fourth-order valence-electron chi connectivity index (χ4n) is 2.93. The summed E-state index contributed by atoms with van der Waals surface area (Å²) < 4.78 is 8.55. The molecular weight excluding hydrogens is 405 g/mol. The number of carbonyl (C=O) groups is 1. The first-order chi connectivity index (χ1) is 10.8. The lowest BCUT2D eigenvalue weighted by Crippen LogP contribution is -2.41. The summed E-state index contributed by atoms with van der Waals surface area (Å²) in [7, 11) is 0. The minimum absolute atomic E-state index is 0.201. The highest BCUT2D eigenvalue weighted by Crippen LogP contribution is 2.29. The van der Waals surface area contributed by atoms with Gasteiger partial charge in [-0.1, -0.05) is 6.07 Å². The molecule has 5 nitrogen and oxygen atoms in total. The smallest absolute Gasteiger partial charge is 0.410 e. The molecular formula is C17H22IN3O2. The average Bonchev–Trinajstić information content (AvgIpc) is 2.87. The van der Waals surface area contributed by atoms with Gasteiger partial charge >= 0.3 is 6.09 Å². The van der Waals surface area contributed by atoms with Crippen LogP contribution in [0.1, 0.15) is 45.1 Å². The van der Waals surface area contributed by atoms with Crippen LogP contribution < -0.4 is 0 Å². The third-order valence-electron chi connectivity index (χ3n) is 4.11. The molecule has 1 aliphatic heterocycles. The van der Waals surface area contributed by atoms with Gasteiger partial charge in [0.1, 0.15) is 5.60 Å². The minimum atomic E-state index is -0.434. The Morgan fingerprint density at radius 3 is 2.65 bits per heavy atom. The van der Waals surface area contributed by atoms with Crippen LogP contribution in [0.25, 0.3) is 5.52 Å². The molecule has 1 fully saturated rings. The number of piperidine rings is 1. The fraction of sp³-hybridized carbons (Fsp3) is 0.529. The Bertz CT molecular complexity index is 712. The van der Waals surface area contributed by atoms with Crippen LogP contribution in [0.2, 0.25) is 0 Å². The Balaban J connectivity index is 1.65. The predicted molar refractivity (Wildman–Crippen MR) is 97.7 cm³/mol. The highest BCUT2D eigenvalue weighted by atomic mass is 127. The summed E-state index contributed by atoms with van der Waals surface area (Å²) in [5.74, 6) is 0.472. The highest BCUT2D eigenvalue weighted by Gasteiger charge is 2.27. The average molecular weight is 427 g/mol. The van der Waals surface area contributed by atoms with Gasteiger partial charge in [0.2, 0.25) is 0 Å². The molecule has 0 saturated carbocycles. The van der Waals surface area contributed by atoms with Crippen LogP contribution in [-0.4, -0.2) is 39.3 Å². The van der Waals surface area contributed by atoms with E-state index in [1.165, 1.54) is 5.56 Å². The lowest BCUT2D eigenvalue weighted by Gasteiger charge is -2.33. The Labute approximate surface area is 150 Å². The molecule has 0 atom stereocenters. The number of carbonyl (C=O) groups excluding carboxylic acids is 1. The van der Waals surface area contributed by atoms with E-state index in [0.29, 0.717) is 5.92 Å². The van der Waals surface area contributed by atoms with E-state index in [1.54, 1.807) is 0 Å². The van der Waals surface area contributed by atoms with E-state index < -0.39 is 5.60 Å². The van der Waals surface area contributed by atoms with Crippen LogP contribution in [0.15, 0.2) is 24.5 Å². The van der Waals surface area contributed by atoms with E-state index >= 15 is 0 Å². The number of halogens is 1. The van der Waals surface area contributed by atoms with E-state index in [-0.39, 0.29) is 6.09 Å². The van der Waals surface area contributed by atoms with Crippen LogP contribution in [0, 0.1) is 3.57 Å². The number of hydrogen-bond acceptors (Lipinski definition) is 3. The maximum atomic E-state index is 12.1. The van der Waals surface area contributed by atoms with Crippen LogP contribution in [0.5, 0.6) is 0 Å². The minimum Gasteiger partial charge on any atom is -0.444 e. The van der Waals surface area contributed by atoms with Gasteiger partial charge in [0.25, 0.3) is 0 Å². The molecule has 0 spiro atoms. The predicted octanol–water partition coefficient (Wildman–Crippen LogP) is 4.05. The third-order valence-corrected chi connectivity index (χ3v) is 4.94. The Hall–Kier alpha value is -1.31. The molecule has 1 amide bonds. The number of likely N-dealkylation sites (tertiary alicyclic amines) is 1. The van der Waals surface area contributed by atoms with Crippen molar-refractivity contribution in [2.75, 3.05) is 13.1 Å². The van der Waals surface area contributed by atoms with Gasteiger partial charge in [-0.15, -0.1) is 0 Å². The molecule has 3 heterocycles. The van der Waals surface area contributed by atoms with Gasteiger partial charge in [-0.3, -0.25) is 0 Å². The van der Waals surface area contributed by atoms with Gasteiger partial charge in [-0.25, -0.2) is 9.31 Å². The van der Waals surface area contributed by atoms with Gasteiger partial charge in [-0.2, -0.15) is 5.10 Å². The molecule has 124 valence electrons. The SMILES string of the molecule is CC(C)(C)OC(=O)N1CCC(c2ccc3c(I)cnn3c2)CC1. The van der Waals surface area contributed by atoms with Gasteiger partial charge in [0.15, 0.2) is 0 Å². The lowest BCUT2D eigenvalue weighted by molar-refractivity contribution is 0.0205. The van der Waals surface area contributed by atoms with Crippen molar-refractivity contribution < 1.29 is 9.53 Å². The zero-order valence-electron chi connectivity index (χ0n) is 13.8. The molecule has 2 aromatic heterocycles. The van der Waals surface area contributed by atoms with Gasteiger partial charge in [0, 0.05) is 19.3 Å². The first-order valence-electron chi connectivity index (χ1n) is 7.94. The standard InChI is InChI=1S/C17H22IN3O2/c1-17(2,3)23-16(22)20-8-6-12(7-9-20)13-4-5-15-14(18)10-19-21(15)11-13/h4-5,10-12H,6-9H2,1-3H3. The van der Waals surface area contributed by atoms with Crippen molar-refractivity contribution in [1.29, 1.82) is 0 Å². The molecule has 1 aliphatic rings. The maximum Gasteiger partial charge on any atom is 0.410 e. The molecule has 0 aromatic carbocycles. The van der Waals surface area contributed by atoms with Crippen LogP contribution in [0.3, 0.4) is 0 Å². The van der Waals surface area contributed by atoms with E-state index in [2.05, 4.69) is 46.0 Å². The van der Waals surface area contributed by atoms with Crippen molar-refractivity contribution in [2.24, 2.45) is 0 Å². The normalized spacial score (nSPS) is 16.8. The van der Waals surface area contributed by atoms with Crippen molar-refractivity contribution in [3.63, 3.8) is 0 Å². The number of hydrogen-bond donors (Lipinski definition) is 0. The Kier molecular flexibility index (Phi) is 4.53. The Morgan fingerprint density at radius 2 is 2.00 bits per heavy atom. The molecule has 0 radical (unpaired) electrons. The second-order valence-electron chi connectivity index (χ2n) is 7.03. The molecule has 0 bridgehead atoms. The molecule has 1 saturated heterocycles. The molecule has 0 N–H and O–H groups in total. The Morgan fingerprint density at radius 1 is 1.30 bits per heavy atom. The third kappa shape index (κ3) is 3.79. The van der Waals surface area contributed by atoms with Gasteiger partial charge in [0.05, 0.1) is 15.3 Å². The van der Waals surface area contributed by atoms with E-state index in [0.717, 1.165) is 35.0 Å². The summed E-state index contributed by atoms with van der Waals surface area (Å²) in [6.07, 6.45) is 5.72. The summed E-state index contributed by atoms with van der Waals surface area (Å²) in [4.78, 5) is 13.9. The monoisotopic (exact) mass is 427 g/mol. The highest BCUT2D eigenvalue weighted by molar-refractivity contribution is 14.1. The number of pyridine rings is 1. The second-order valence-corrected chi connectivity index (χ2v) is 8.19. The van der Waals surface area contributed by atoms with Crippen LogP contribution in [-0.2, 0) is 4.74 Å². The van der Waals surface area contributed by atoms with Gasteiger partial charge in [-0.05, 0) is 73.8 Å². The zero-order valence-corrected chi connectivity index (χ0v) is 15.9. The summed E-state index contributed by atoms with van der Waals surface area (Å²) >= 11 is 2.30. The molecule has 3 rings (SSSR count). The number of nitrogens with zero attached hydrogens (tertiary/aromatic N) is 3. The number of rotatable bonds is 1. The molecule has 2 aromatic rings. The second kappa shape index (κ2) is 6.30. The maximum absolute atomic E-state index is 12.1. The number of fused-ring (bicyclic) bond motifs is 1. The summed E-state index contributed by atoms with van der Waals surface area (Å²) in [5, 5.41) is 4.38. The van der Waals surface area contributed by atoms with Crippen LogP contribution in [0.4, 0.5) is 4.79 Å². The topological polar surface area (TPSA) is 46.8 Å². The first-order valence-corrected chi connectivity index (χ1v) is 9.02. The lowest BCUT2D eigenvalue weighted by atomic mass is 9.90. The van der Waals surface area contributed by atoms with Crippen molar-refractivity contribution in [1.82, 2.24) is 14.5 Å². The van der Waals surface area contributed by atoms with Crippen molar-refractivity contribution >= 4 is 34.2 Å². The molecule has 23 heavy (non-hydrogen) atoms. The molecule has 6 heteroatoms. The van der Waals surface area contributed by atoms with Gasteiger partial charge < -0.3 is 9.64 Å². The van der Waals surface area contributed by atoms with E-state index in [9.17, 15) is 4.79 Å². The van der Waals surface area contributed by atoms with Crippen molar-refractivity contribution in [3.8, 4) is 0 Å². The number of aromatic nitrogens is 2. The first kappa shape index (κ1) is 16.5. The number of amides is 1. The number of ether oxygens (including phenoxy) is 1. The van der Waals surface area contributed by atoms with Crippen LogP contribution >= 0.6 is 22.6 Å². The van der Waals surface area contributed by atoms with Crippen molar-refractivity contribution in [2.45, 2.75) is 45.1 Å². The molecule has 0 aliphatic carbocycles. The molecule has 0 unspecified atom stereocenters.